The number of primary amides is 1. The first-order valence-electron chi connectivity index (χ1n) is 13.1. The molecule has 4 unspecified atom stereocenters. The molecule has 16 heteroatoms. The lowest BCUT2D eigenvalue weighted by molar-refractivity contribution is -0.142. The third-order valence-corrected chi connectivity index (χ3v) is 5.76. The van der Waals surface area contributed by atoms with E-state index in [-0.39, 0.29) is 44.6 Å². The predicted octanol–water partition coefficient (Wildman–Crippen LogP) is -3.57. The van der Waals surface area contributed by atoms with E-state index in [1.165, 1.54) is 0 Å². The van der Waals surface area contributed by atoms with Crippen molar-refractivity contribution in [3.63, 3.8) is 0 Å². The van der Waals surface area contributed by atoms with Gasteiger partial charge in [-0.05, 0) is 70.9 Å². The molecule has 0 spiro atoms. The van der Waals surface area contributed by atoms with Crippen molar-refractivity contribution in [3.8, 4) is 0 Å². The Morgan fingerprint density at radius 3 is 1.64 bits per heavy atom. The lowest BCUT2D eigenvalue weighted by Gasteiger charge is -2.25. The first-order chi connectivity index (χ1) is 18.4. The molecule has 4 amide bonds. The van der Waals surface area contributed by atoms with Crippen LogP contribution in [0.15, 0.2) is 4.99 Å². The molecular weight excluding hydrogens is 512 g/mol. The average molecular weight is 559 g/mol. The van der Waals surface area contributed by atoms with Gasteiger partial charge in [-0.15, -0.1) is 0 Å². The number of aliphatic carboxylic acids is 1. The van der Waals surface area contributed by atoms with Gasteiger partial charge in [0.15, 0.2) is 5.96 Å². The van der Waals surface area contributed by atoms with Gasteiger partial charge in [0.2, 0.25) is 23.6 Å². The molecule has 224 valence electrons. The van der Waals surface area contributed by atoms with Crippen LogP contribution >= 0.6 is 0 Å². The lowest BCUT2D eigenvalue weighted by atomic mass is 10.0. The number of hydrogen-bond donors (Lipinski definition) is 10. The van der Waals surface area contributed by atoms with Crippen LogP contribution in [-0.2, 0) is 24.0 Å². The van der Waals surface area contributed by atoms with Crippen LogP contribution in [0.5, 0.6) is 0 Å². The highest BCUT2D eigenvalue weighted by molar-refractivity contribution is 5.94. The number of nitrogens with two attached hydrogens (primary N) is 6. The van der Waals surface area contributed by atoms with Crippen LogP contribution in [0.4, 0.5) is 0 Å². The van der Waals surface area contributed by atoms with Gasteiger partial charge in [0.05, 0.1) is 6.04 Å². The van der Waals surface area contributed by atoms with E-state index in [0.29, 0.717) is 45.2 Å². The zero-order chi connectivity index (χ0) is 29.8. The molecule has 0 heterocycles. The van der Waals surface area contributed by atoms with Crippen molar-refractivity contribution in [2.24, 2.45) is 39.4 Å². The summed E-state index contributed by atoms with van der Waals surface area (Å²) in [6, 6.07) is -4.49. The van der Waals surface area contributed by atoms with Gasteiger partial charge in [-0.25, -0.2) is 4.79 Å². The molecule has 16 N–H and O–H groups in total. The second-order valence-electron chi connectivity index (χ2n) is 9.15. The fourth-order valence-electron chi connectivity index (χ4n) is 3.54. The normalized spacial score (nSPS) is 13.8. The summed E-state index contributed by atoms with van der Waals surface area (Å²) in [6.07, 6.45) is 2.73. The number of nitrogens with one attached hydrogen (secondary N) is 3. The van der Waals surface area contributed by atoms with Crippen LogP contribution in [0, 0.1) is 0 Å². The van der Waals surface area contributed by atoms with Crippen LogP contribution in [0.2, 0.25) is 0 Å². The Hall–Kier alpha value is -3.50. The molecule has 0 aromatic rings. The molecule has 39 heavy (non-hydrogen) atoms. The van der Waals surface area contributed by atoms with Gasteiger partial charge in [-0.1, -0.05) is 0 Å². The fourth-order valence-corrected chi connectivity index (χ4v) is 3.54. The number of nitrogens with zero attached hydrogens (tertiary/aromatic N) is 1. The topological polar surface area (TPSA) is 310 Å². The number of aliphatic imine (C=N–C) groups is 1. The number of hydrogen-bond acceptors (Lipinski definition) is 9. The highest BCUT2D eigenvalue weighted by atomic mass is 16.4. The molecule has 0 saturated carbocycles. The molecule has 0 aliphatic carbocycles. The second-order valence-corrected chi connectivity index (χ2v) is 9.15. The average Bonchev–Trinajstić information content (AvgIpc) is 2.87. The van der Waals surface area contributed by atoms with Crippen molar-refractivity contribution in [2.45, 2.75) is 88.4 Å². The molecule has 4 atom stereocenters. The minimum absolute atomic E-state index is 0.0789. The van der Waals surface area contributed by atoms with Crippen molar-refractivity contribution in [1.82, 2.24) is 16.0 Å². The Balaban J connectivity index is 5.49. The maximum atomic E-state index is 13.2. The minimum Gasteiger partial charge on any atom is -0.480 e. The summed E-state index contributed by atoms with van der Waals surface area (Å²) < 4.78 is 0. The van der Waals surface area contributed by atoms with E-state index in [2.05, 4.69) is 20.9 Å². The van der Waals surface area contributed by atoms with Crippen molar-refractivity contribution in [3.05, 3.63) is 0 Å². The van der Waals surface area contributed by atoms with E-state index in [9.17, 15) is 29.1 Å². The molecule has 0 aliphatic rings. The predicted molar refractivity (Wildman–Crippen MR) is 146 cm³/mol. The van der Waals surface area contributed by atoms with Gasteiger partial charge in [0.1, 0.15) is 18.1 Å². The van der Waals surface area contributed by atoms with E-state index >= 15 is 0 Å². The molecule has 0 aliphatic heterocycles. The SMILES string of the molecule is NCCCCC(NC(=O)C(CCC(N)=O)NC(=O)C(CCCCN)NC(=O)C(N)CCCN=C(N)N)C(=O)O. The van der Waals surface area contributed by atoms with E-state index in [0.717, 1.165) is 0 Å². The summed E-state index contributed by atoms with van der Waals surface area (Å²) in [5.74, 6) is -4.12. The molecular formula is C23H46N10O6. The summed E-state index contributed by atoms with van der Waals surface area (Å²) in [4.78, 5) is 65.5. The summed E-state index contributed by atoms with van der Waals surface area (Å²) in [6.45, 7) is 1.02. The van der Waals surface area contributed by atoms with Crippen LogP contribution in [0.1, 0.15) is 64.2 Å². The number of carboxylic acids is 1. The first-order valence-corrected chi connectivity index (χ1v) is 13.1. The summed E-state index contributed by atoms with van der Waals surface area (Å²) in [5, 5.41) is 17.0. The molecule has 16 nitrogen and oxygen atoms in total. The number of carboxylic acid groups (broad SMARTS) is 1. The minimum atomic E-state index is -1.27. The van der Waals surface area contributed by atoms with Gasteiger partial charge < -0.3 is 55.5 Å². The zero-order valence-electron chi connectivity index (χ0n) is 22.4. The van der Waals surface area contributed by atoms with Crippen LogP contribution in [0.3, 0.4) is 0 Å². The van der Waals surface area contributed by atoms with Crippen molar-refractivity contribution in [1.29, 1.82) is 0 Å². The Morgan fingerprint density at radius 1 is 0.667 bits per heavy atom. The maximum Gasteiger partial charge on any atom is 0.326 e. The van der Waals surface area contributed by atoms with Gasteiger partial charge in [-0.3, -0.25) is 24.2 Å². The first kappa shape index (κ1) is 35.5. The van der Waals surface area contributed by atoms with Crippen LogP contribution in [0.25, 0.3) is 0 Å². The fraction of sp³-hybridized carbons (Fsp3) is 0.739. The molecule has 0 rings (SSSR count). The number of carbonyl (C=O) groups excluding carboxylic acids is 4. The number of rotatable bonds is 22. The molecule has 0 radical (unpaired) electrons. The highest BCUT2D eigenvalue weighted by Gasteiger charge is 2.30. The second kappa shape index (κ2) is 20.5. The van der Waals surface area contributed by atoms with Gasteiger partial charge in [-0.2, -0.15) is 0 Å². The zero-order valence-corrected chi connectivity index (χ0v) is 22.4. The number of carbonyl (C=O) groups is 5. The Morgan fingerprint density at radius 2 is 1.15 bits per heavy atom. The van der Waals surface area contributed by atoms with Gasteiger partial charge in [0, 0.05) is 13.0 Å². The summed E-state index contributed by atoms with van der Waals surface area (Å²) >= 11 is 0. The lowest BCUT2D eigenvalue weighted by Crippen LogP contribution is -2.57. The van der Waals surface area contributed by atoms with E-state index in [1.807, 2.05) is 0 Å². The van der Waals surface area contributed by atoms with Crippen molar-refractivity contribution < 1.29 is 29.1 Å². The maximum absolute atomic E-state index is 13.2. The van der Waals surface area contributed by atoms with E-state index in [4.69, 9.17) is 34.4 Å². The monoisotopic (exact) mass is 558 g/mol. The molecule has 0 bridgehead atoms. The Labute approximate surface area is 228 Å². The van der Waals surface area contributed by atoms with E-state index < -0.39 is 53.8 Å². The largest absolute Gasteiger partial charge is 0.480 e. The van der Waals surface area contributed by atoms with Gasteiger partial charge in [0.25, 0.3) is 0 Å². The van der Waals surface area contributed by atoms with E-state index in [1.54, 1.807) is 0 Å². The number of amides is 4. The Bertz CT molecular complexity index is 821. The number of guanidine groups is 1. The Kier molecular flexibility index (Phi) is 18.6. The smallest absolute Gasteiger partial charge is 0.326 e. The summed E-state index contributed by atoms with van der Waals surface area (Å²) in [7, 11) is 0. The molecule has 0 aromatic heterocycles. The van der Waals surface area contributed by atoms with Crippen LogP contribution in [-0.4, -0.2) is 84.5 Å². The molecule has 0 aromatic carbocycles. The summed E-state index contributed by atoms with van der Waals surface area (Å²) in [5.41, 5.74) is 32.7. The quantitative estimate of drug-likeness (QED) is 0.0352. The van der Waals surface area contributed by atoms with Gasteiger partial charge >= 0.3 is 5.97 Å². The number of unbranched alkanes of at least 4 members (excludes halogenated alkanes) is 2. The molecule has 0 saturated heterocycles. The third-order valence-electron chi connectivity index (χ3n) is 5.76. The standard InChI is InChI=1S/C23H46N10O6/c24-11-3-1-7-15(31-19(35)14(26)6-5-13-30-23(28)29)20(36)32-16(9-10-18(27)34)21(37)33-17(22(38)39)8-2-4-12-25/h14-17H,1-13,24-26H2,(H2,27,34)(H,31,35)(H,32,36)(H,33,37)(H,38,39)(H4,28,29,30). The van der Waals surface area contributed by atoms with Crippen molar-refractivity contribution >= 4 is 35.6 Å². The third kappa shape index (κ3) is 16.9. The van der Waals surface area contributed by atoms with Crippen LogP contribution < -0.4 is 50.4 Å². The highest BCUT2D eigenvalue weighted by Crippen LogP contribution is 2.07. The molecule has 0 fully saturated rings. The van der Waals surface area contributed by atoms with Crippen molar-refractivity contribution in [2.75, 3.05) is 19.6 Å².